The lowest BCUT2D eigenvalue weighted by molar-refractivity contribution is 0.0689. The maximum Gasteiger partial charge on any atom is 0.353 e. The van der Waals surface area contributed by atoms with Crippen molar-refractivity contribution in [2.24, 2.45) is 0 Å². The summed E-state index contributed by atoms with van der Waals surface area (Å²) < 4.78 is 24.2. The smallest absolute Gasteiger partial charge is 0.353 e. The molecule has 0 fully saturated rings. The van der Waals surface area contributed by atoms with Crippen LogP contribution in [-0.4, -0.2) is 16.1 Å². The Bertz CT molecular complexity index is 429. The number of aromatic carboxylic acids is 1. The van der Waals surface area contributed by atoms with Gasteiger partial charge < -0.3 is 10.1 Å². The first-order valence-electron chi connectivity index (χ1n) is 3.37. The summed E-state index contributed by atoms with van der Waals surface area (Å²) in [6.45, 7) is 0. The fourth-order valence-electron chi connectivity index (χ4n) is 0.837. The summed E-state index contributed by atoms with van der Waals surface area (Å²) in [6.07, 6.45) is -2.99. The van der Waals surface area contributed by atoms with Crippen LogP contribution >= 0.6 is 11.6 Å². The van der Waals surface area contributed by atoms with Gasteiger partial charge in [0.2, 0.25) is 0 Å². The van der Waals surface area contributed by atoms with E-state index in [-0.39, 0.29) is 0 Å². The van der Waals surface area contributed by atoms with Gasteiger partial charge in [-0.1, -0.05) is 11.6 Å². The van der Waals surface area contributed by atoms with Gasteiger partial charge in [-0.2, -0.15) is 0 Å². The molecular weight excluding hydrogens is 220 g/mol. The molecule has 1 rings (SSSR count). The number of H-pyrrole nitrogens is 1. The molecule has 0 aliphatic heterocycles. The second-order valence-electron chi connectivity index (χ2n) is 2.38. The van der Waals surface area contributed by atoms with Crippen LogP contribution < -0.4 is 5.56 Å². The van der Waals surface area contributed by atoms with Gasteiger partial charge in [0.05, 0.1) is 10.6 Å². The summed E-state index contributed by atoms with van der Waals surface area (Å²) in [5.41, 5.74) is -2.59. The molecule has 0 saturated carbocycles. The third-order valence-electron chi connectivity index (χ3n) is 1.47. The lowest BCUT2D eigenvalue weighted by Crippen LogP contribution is -2.17. The van der Waals surface area contributed by atoms with E-state index in [0.29, 0.717) is 6.07 Å². The van der Waals surface area contributed by atoms with Crippen LogP contribution in [0.4, 0.5) is 8.78 Å². The molecule has 0 aromatic carbocycles. The normalized spacial score (nSPS) is 10.6. The summed E-state index contributed by atoms with van der Waals surface area (Å²) in [5.74, 6) is -1.48. The Labute approximate surface area is 81.1 Å². The average Bonchev–Trinajstić information content (AvgIpc) is 2.07. The van der Waals surface area contributed by atoms with E-state index < -0.39 is 34.2 Å². The molecule has 76 valence electrons. The molecule has 1 aromatic rings. The Hall–Kier alpha value is -1.43. The lowest BCUT2D eigenvalue weighted by Gasteiger charge is -2.01. The van der Waals surface area contributed by atoms with Crippen molar-refractivity contribution in [3.8, 4) is 0 Å². The molecule has 0 aliphatic rings. The van der Waals surface area contributed by atoms with Gasteiger partial charge >= 0.3 is 5.97 Å². The maximum absolute atomic E-state index is 12.1. The number of aromatic amines is 1. The number of halogens is 3. The molecule has 1 aromatic heterocycles. The van der Waals surface area contributed by atoms with Gasteiger partial charge in [0, 0.05) is 0 Å². The minimum absolute atomic E-state index is 0.424. The first-order valence-corrected chi connectivity index (χ1v) is 3.75. The Morgan fingerprint density at radius 1 is 1.57 bits per heavy atom. The standard InChI is InChI=1S/C7H4ClF2NO3/c8-3-1-2(5(9)10)6(12)11-4(3)7(13)14/h1,5H,(H,11,12)(H,13,14). The molecule has 0 bridgehead atoms. The van der Waals surface area contributed by atoms with E-state index in [0.717, 1.165) is 0 Å². The Kier molecular flexibility index (Phi) is 2.85. The van der Waals surface area contributed by atoms with Gasteiger partial charge in [0.25, 0.3) is 12.0 Å². The molecule has 0 aliphatic carbocycles. The summed E-state index contributed by atoms with van der Waals surface area (Å²) >= 11 is 5.36. The van der Waals surface area contributed by atoms with Crippen LogP contribution in [0.5, 0.6) is 0 Å². The van der Waals surface area contributed by atoms with Gasteiger partial charge in [0.15, 0.2) is 0 Å². The molecule has 0 amide bonds. The molecule has 7 heteroatoms. The van der Waals surface area contributed by atoms with Crippen LogP contribution in [0.3, 0.4) is 0 Å². The zero-order valence-electron chi connectivity index (χ0n) is 6.55. The van der Waals surface area contributed by atoms with Crippen LogP contribution in [0.25, 0.3) is 0 Å². The predicted molar refractivity (Wildman–Crippen MR) is 44.0 cm³/mol. The zero-order valence-corrected chi connectivity index (χ0v) is 7.31. The molecule has 0 radical (unpaired) electrons. The van der Waals surface area contributed by atoms with Crippen LogP contribution in [0, 0.1) is 0 Å². The van der Waals surface area contributed by atoms with Crippen LogP contribution in [0.2, 0.25) is 5.02 Å². The minimum Gasteiger partial charge on any atom is -0.477 e. The van der Waals surface area contributed by atoms with Crippen molar-refractivity contribution in [3.63, 3.8) is 0 Å². The van der Waals surface area contributed by atoms with Crippen molar-refractivity contribution in [3.05, 3.63) is 32.7 Å². The molecule has 4 nitrogen and oxygen atoms in total. The number of aromatic nitrogens is 1. The van der Waals surface area contributed by atoms with E-state index in [9.17, 15) is 18.4 Å². The highest BCUT2D eigenvalue weighted by molar-refractivity contribution is 6.33. The van der Waals surface area contributed by atoms with Gasteiger partial charge in [-0.05, 0) is 6.07 Å². The predicted octanol–water partition coefficient (Wildman–Crippen LogP) is 1.66. The summed E-state index contributed by atoms with van der Waals surface area (Å²) in [4.78, 5) is 23.1. The number of hydrogen-bond donors (Lipinski definition) is 2. The number of alkyl halides is 2. The molecule has 2 N–H and O–H groups in total. The average molecular weight is 224 g/mol. The molecule has 1 heterocycles. The second-order valence-corrected chi connectivity index (χ2v) is 2.79. The SMILES string of the molecule is O=C(O)c1[nH]c(=O)c(C(F)F)cc1Cl. The van der Waals surface area contributed by atoms with E-state index in [4.69, 9.17) is 16.7 Å². The fraction of sp³-hybridized carbons (Fsp3) is 0.143. The van der Waals surface area contributed by atoms with Crippen molar-refractivity contribution in [1.29, 1.82) is 0 Å². The van der Waals surface area contributed by atoms with Crippen LogP contribution in [0.15, 0.2) is 10.9 Å². The summed E-state index contributed by atoms with van der Waals surface area (Å²) in [7, 11) is 0. The molecule has 0 saturated heterocycles. The lowest BCUT2D eigenvalue weighted by atomic mass is 10.2. The monoisotopic (exact) mass is 223 g/mol. The number of carboxylic acids is 1. The van der Waals surface area contributed by atoms with Gasteiger partial charge in [-0.25, -0.2) is 13.6 Å². The minimum atomic E-state index is -2.99. The van der Waals surface area contributed by atoms with Gasteiger partial charge in [-0.15, -0.1) is 0 Å². The third-order valence-corrected chi connectivity index (χ3v) is 1.77. The molecular formula is C7H4ClF2NO3. The van der Waals surface area contributed by atoms with Crippen molar-refractivity contribution in [1.82, 2.24) is 4.98 Å². The molecule has 0 atom stereocenters. The van der Waals surface area contributed by atoms with E-state index in [1.807, 2.05) is 0 Å². The van der Waals surface area contributed by atoms with E-state index in [1.54, 1.807) is 4.98 Å². The highest BCUT2D eigenvalue weighted by Gasteiger charge is 2.17. The number of rotatable bonds is 2. The molecule has 14 heavy (non-hydrogen) atoms. The molecule has 0 spiro atoms. The fourth-order valence-corrected chi connectivity index (χ4v) is 1.08. The van der Waals surface area contributed by atoms with E-state index in [2.05, 4.69) is 0 Å². The van der Waals surface area contributed by atoms with Crippen molar-refractivity contribution in [2.45, 2.75) is 6.43 Å². The zero-order chi connectivity index (χ0) is 10.9. The quantitative estimate of drug-likeness (QED) is 0.801. The van der Waals surface area contributed by atoms with Crippen molar-refractivity contribution >= 4 is 17.6 Å². The number of hydrogen-bond acceptors (Lipinski definition) is 2. The first kappa shape index (κ1) is 10.6. The summed E-state index contributed by atoms with van der Waals surface area (Å²) in [6, 6.07) is 0.647. The first-order chi connectivity index (χ1) is 6.43. The van der Waals surface area contributed by atoms with Crippen LogP contribution in [-0.2, 0) is 0 Å². The third kappa shape index (κ3) is 1.90. The van der Waals surface area contributed by atoms with Gasteiger partial charge in [0.1, 0.15) is 5.69 Å². The number of pyridine rings is 1. The molecule has 0 unspecified atom stereocenters. The largest absolute Gasteiger partial charge is 0.477 e. The Morgan fingerprint density at radius 3 is 2.57 bits per heavy atom. The van der Waals surface area contributed by atoms with Crippen molar-refractivity contribution in [2.75, 3.05) is 0 Å². The number of carbonyl (C=O) groups is 1. The topological polar surface area (TPSA) is 70.2 Å². The Balaban J connectivity index is 3.39. The maximum atomic E-state index is 12.1. The number of nitrogens with one attached hydrogen (secondary N) is 1. The van der Waals surface area contributed by atoms with E-state index >= 15 is 0 Å². The highest BCUT2D eigenvalue weighted by Crippen LogP contribution is 2.19. The highest BCUT2D eigenvalue weighted by atomic mass is 35.5. The second kappa shape index (κ2) is 3.75. The number of carboxylic acid groups (broad SMARTS) is 1. The van der Waals surface area contributed by atoms with Crippen LogP contribution in [0.1, 0.15) is 22.5 Å². The summed E-state index contributed by atoms with van der Waals surface area (Å²) in [5, 5.41) is 8.05. The van der Waals surface area contributed by atoms with Crippen molar-refractivity contribution < 1.29 is 18.7 Å². The Morgan fingerprint density at radius 2 is 2.14 bits per heavy atom. The van der Waals surface area contributed by atoms with E-state index in [1.165, 1.54) is 0 Å². The van der Waals surface area contributed by atoms with Gasteiger partial charge in [-0.3, -0.25) is 4.79 Å².